The molecule has 0 aliphatic carbocycles. The van der Waals surface area contributed by atoms with Crippen molar-refractivity contribution >= 4 is 39.9 Å². The summed E-state index contributed by atoms with van der Waals surface area (Å²) in [6, 6.07) is 13.1. The second-order valence-electron chi connectivity index (χ2n) is 8.22. The molecule has 0 saturated carbocycles. The van der Waals surface area contributed by atoms with Crippen LogP contribution in [0.1, 0.15) is 17.7 Å². The van der Waals surface area contributed by atoms with E-state index < -0.39 is 0 Å². The fraction of sp³-hybridized carbons (Fsp3) is 0.320. The lowest BCUT2D eigenvalue weighted by Crippen LogP contribution is -2.37. The number of hydrogen-bond acceptors (Lipinski definition) is 6. The van der Waals surface area contributed by atoms with Crippen molar-refractivity contribution in [2.45, 2.75) is 12.8 Å². The second-order valence-corrected chi connectivity index (χ2v) is 8.22. The third-order valence-electron chi connectivity index (χ3n) is 6.38. The van der Waals surface area contributed by atoms with Gasteiger partial charge in [0, 0.05) is 54.8 Å². The summed E-state index contributed by atoms with van der Waals surface area (Å²) < 4.78 is 5.59. The van der Waals surface area contributed by atoms with E-state index in [-0.39, 0.29) is 0 Å². The van der Waals surface area contributed by atoms with Gasteiger partial charge in [-0.2, -0.15) is 0 Å². The number of aliphatic imine (C=N–C) groups is 1. The summed E-state index contributed by atoms with van der Waals surface area (Å²) in [5.74, 6) is 1.00. The molecule has 1 fully saturated rings. The molecule has 0 radical (unpaired) electrons. The van der Waals surface area contributed by atoms with Crippen LogP contribution in [0.4, 0.5) is 17.2 Å². The average molecular weight is 412 g/mol. The Bertz CT molecular complexity index is 1200. The molecule has 0 N–H and O–H groups in total. The summed E-state index contributed by atoms with van der Waals surface area (Å²) in [7, 11) is 0. The number of fused-ring (bicyclic) bond motifs is 2. The minimum absolute atomic E-state index is 0.664. The lowest BCUT2D eigenvalue weighted by atomic mass is 10.00. The van der Waals surface area contributed by atoms with Gasteiger partial charge in [-0.05, 0) is 36.6 Å². The van der Waals surface area contributed by atoms with Crippen molar-refractivity contribution < 1.29 is 4.74 Å². The third kappa shape index (κ3) is 3.27. The highest BCUT2D eigenvalue weighted by atomic mass is 16.5. The first kappa shape index (κ1) is 18.5. The zero-order chi connectivity index (χ0) is 20.6. The third-order valence-corrected chi connectivity index (χ3v) is 6.38. The second kappa shape index (κ2) is 7.78. The number of ether oxygens (including phenoxy) is 1. The molecule has 0 spiro atoms. The van der Waals surface area contributed by atoms with Crippen LogP contribution in [0.25, 0.3) is 16.5 Å². The average Bonchev–Trinajstić information content (AvgIpc) is 3.38. The van der Waals surface area contributed by atoms with E-state index >= 15 is 0 Å². The molecular formula is C25H25N5O. The van der Waals surface area contributed by atoms with Gasteiger partial charge in [0.15, 0.2) is 0 Å². The molecule has 156 valence electrons. The lowest BCUT2D eigenvalue weighted by molar-refractivity contribution is 0.122. The van der Waals surface area contributed by atoms with E-state index in [2.05, 4.69) is 57.3 Å². The van der Waals surface area contributed by atoms with Gasteiger partial charge in [0.1, 0.15) is 11.3 Å². The Hall–Kier alpha value is -3.25. The largest absolute Gasteiger partial charge is 0.378 e. The van der Waals surface area contributed by atoms with E-state index in [9.17, 15) is 0 Å². The zero-order valence-electron chi connectivity index (χ0n) is 17.5. The van der Waals surface area contributed by atoms with Gasteiger partial charge >= 0.3 is 0 Å². The number of hydrogen-bond donors (Lipinski definition) is 0. The molecular weight excluding hydrogens is 386 g/mol. The van der Waals surface area contributed by atoms with Crippen molar-refractivity contribution in [1.29, 1.82) is 0 Å². The molecule has 31 heavy (non-hydrogen) atoms. The number of morpholine rings is 1. The van der Waals surface area contributed by atoms with Gasteiger partial charge < -0.3 is 14.5 Å². The quantitative estimate of drug-likeness (QED) is 0.652. The molecule has 3 aliphatic rings. The van der Waals surface area contributed by atoms with Crippen LogP contribution >= 0.6 is 0 Å². The van der Waals surface area contributed by atoms with Crippen molar-refractivity contribution in [1.82, 2.24) is 9.97 Å². The SMILES string of the molecule is C1=NCC(c2nccc3c(N4CCCc5ccccc54)cc(N4CCOCC4)nc23)=C1. The molecule has 3 aliphatic heterocycles. The summed E-state index contributed by atoms with van der Waals surface area (Å²) in [6.45, 7) is 4.85. The number of pyridine rings is 2. The highest BCUT2D eigenvalue weighted by Gasteiger charge is 2.24. The minimum Gasteiger partial charge on any atom is -0.378 e. The number of para-hydroxylation sites is 1. The van der Waals surface area contributed by atoms with E-state index in [4.69, 9.17) is 14.7 Å². The molecule has 6 nitrogen and oxygen atoms in total. The Labute approximate surface area is 181 Å². The van der Waals surface area contributed by atoms with Gasteiger partial charge in [0.05, 0.1) is 31.1 Å². The number of aryl methyl sites for hydroxylation is 1. The van der Waals surface area contributed by atoms with Crippen molar-refractivity contribution in [3.05, 3.63) is 59.9 Å². The summed E-state index contributed by atoms with van der Waals surface area (Å²) in [6.07, 6.45) is 8.10. The first-order chi connectivity index (χ1) is 15.4. The van der Waals surface area contributed by atoms with Gasteiger partial charge in [-0.3, -0.25) is 9.98 Å². The number of rotatable bonds is 3. The molecule has 1 aromatic carbocycles. The summed E-state index contributed by atoms with van der Waals surface area (Å²) in [5.41, 5.74) is 6.95. The number of aromatic nitrogens is 2. The fourth-order valence-corrected chi connectivity index (χ4v) is 4.82. The first-order valence-corrected chi connectivity index (χ1v) is 11.1. The Morgan fingerprint density at radius 1 is 0.968 bits per heavy atom. The van der Waals surface area contributed by atoms with Crippen LogP contribution in [0, 0.1) is 0 Å². The Morgan fingerprint density at radius 2 is 1.87 bits per heavy atom. The Morgan fingerprint density at radius 3 is 2.74 bits per heavy atom. The molecule has 3 aromatic rings. The maximum absolute atomic E-state index is 5.59. The predicted molar refractivity (Wildman–Crippen MR) is 126 cm³/mol. The molecule has 0 bridgehead atoms. The van der Waals surface area contributed by atoms with Crippen LogP contribution in [-0.2, 0) is 11.2 Å². The van der Waals surface area contributed by atoms with E-state index in [0.717, 1.165) is 73.7 Å². The van der Waals surface area contributed by atoms with Gasteiger partial charge in [-0.1, -0.05) is 18.2 Å². The van der Waals surface area contributed by atoms with E-state index in [1.54, 1.807) is 0 Å². The minimum atomic E-state index is 0.664. The fourth-order valence-electron chi connectivity index (χ4n) is 4.82. The molecule has 2 aromatic heterocycles. The Kier molecular flexibility index (Phi) is 4.65. The molecule has 6 heteroatoms. The monoisotopic (exact) mass is 411 g/mol. The maximum atomic E-state index is 5.59. The van der Waals surface area contributed by atoms with E-state index in [1.807, 2.05) is 12.4 Å². The highest BCUT2D eigenvalue weighted by Crippen LogP contribution is 2.40. The van der Waals surface area contributed by atoms with Crippen molar-refractivity contribution in [3.63, 3.8) is 0 Å². The van der Waals surface area contributed by atoms with Crippen molar-refractivity contribution in [3.8, 4) is 0 Å². The molecule has 6 rings (SSSR count). The standard InChI is InChI=1S/C25H25N5O/c1-2-6-21-18(4-1)5-3-11-30(21)22-16-23(29-12-14-31-15-13-29)28-25-20(22)8-10-27-24(25)19-7-9-26-17-19/h1-2,4,6-10,16H,3,5,11-15,17H2. The number of nitrogens with zero attached hydrogens (tertiary/aromatic N) is 5. The maximum Gasteiger partial charge on any atom is 0.131 e. The van der Waals surface area contributed by atoms with E-state index in [1.165, 1.54) is 16.9 Å². The van der Waals surface area contributed by atoms with E-state index in [0.29, 0.717) is 6.54 Å². The Balaban J connectivity index is 1.57. The van der Waals surface area contributed by atoms with Crippen LogP contribution in [-0.4, -0.2) is 55.6 Å². The number of benzene rings is 1. The molecule has 1 saturated heterocycles. The normalized spacial score (nSPS) is 18.4. The smallest absolute Gasteiger partial charge is 0.131 e. The lowest BCUT2D eigenvalue weighted by Gasteiger charge is -2.34. The van der Waals surface area contributed by atoms with Gasteiger partial charge in [-0.15, -0.1) is 0 Å². The topological polar surface area (TPSA) is 53.9 Å². The van der Waals surface area contributed by atoms with Crippen molar-refractivity contribution in [2.75, 3.05) is 49.2 Å². The molecule has 0 unspecified atom stereocenters. The van der Waals surface area contributed by atoms with Crippen LogP contribution < -0.4 is 9.80 Å². The number of anilines is 3. The van der Waals surface area contributed by atoms with Gasteiger partial charge in [0.2, 0.25) is 0 Å². The zero-order valence-corrected chi connectivity index (χ0v) is 17.5. The van der Waals surface area contributed by atoms with Crippen LogP contribution in [0.2, 0.25) is 0 Å². The molecule has 0 amide bonds. The summed E-state index contributed by atoms with van der Waals surface area (Å²) >= 11 is 0. The van der Waals surface area contributed by atoms with Gasteiger partial charge in [0.25, 0.3) is 0 Å². The summed E-state index contributed by atoms with van der Waals surface area (Å²) in [5, 5.41) is 1.14. The summed E-state index contributed by atoms with van der Waals surface area (Å²) in [4.78, 5) is 19.1. The van der Waals surface area contributed by atoms with Crippen molar-refractivity contribution in [2.24, 2.45) is 4.99 Å². The predicted octanol–water partition coefficient (Wildman–Crippen LogP) is 4.02. The number of allylic oxidation sites excluding steroid dienone is 1. The van der Waals surface area contributed by atoms with Crippen LogP contribution in [0.3, 0.4) is 0 Å². The first-order valence-electron chi connectivity index (χ1n) is 11.1. The molecule has 0 atom stereocenters. The highest BCUT2D eigenvalue weighted by molar-refractivity contribution is 6.02. The van der Waals surface area contributed by atoms with Gasteiger partial charge in [-0.25, -0.2) is 4.98 Å². The molecule has 5 heterocycles. The van der Waals surface area contributed by atoms with Crippen LogP contribution in [0.5, 0.6) is 0 Å². The van der Waals surface area contributed by atoms with Crippen LogP contribution in [0.15, 0.2) is 53.7 Å².